The van der Waals surface area contributed by atoms with Crippen molar-refractivity contribution in [2.24, 2.45) is 0 Å². The van der Waals surface area contributed by atoms with Crippen molar-refractivity contribution in [1.29, 1.82) is 0 Å². The van der Waals surface area contributed by atoms with Crippen LogP contribution in [-0.2, 0) is 26.9 Å². The zero-order valence-electron chi connectivity index (χ0n) is 26.7. The van der Waals surface area contributed by atoms with Crippen LogP contribution >= 0.6 is 23.2 Å². The van der Waals surface area contributed by atoms with Gasteiger partial charge >= 0.3 is 0 Å². The standard InChI is InChI=1S/C35H36Cl2N4O6S/c1-45-24-9-11-25(12-10-24)48(43,44)41-31-21-29(37)28(36)20-26(31)35(34(41)42,40-17-6-7-30(40)33-38-14-18-47-33)27-19-23(8-13-32(27)46-2)22-39-15-4-3-5-16-39/h8-14,18-21,30H,3-7,15-17,22H2,1-2H3/t30-,35?/m0/s1. The third-order valence-corrected chi connectivity index (χ3v) is 12.1. The summed E-state index contributed by atoms with van der Waals surface area (Å²) in [5.41, 5.74) is 0.277. The Balaban J connectivity index is 1.50. The summed E-state index contributed by atoms with van der Waals surface area (Å²) in [5.74, 6) is 0.650. The third-order valence-electron chi connectivity index (χ3n) is 9.67. The minimum Gasteiger partial charge on any atom is -0.497 e. The first-order valence-electron chi connectivity index (χ1n) is 16.0. The number of benzene rings is 3. The second-order valence-electron chi connectivity index (χ2n) is 12.3. The summed E-state index contributed by atoms with van der Waals surface area (Å²) < 4.78 is 47.2. The number of hydrogen-bond donors (Lipinski definition) is 0. The summed E-state index contributed by atoms with van der Waals surface area (Å²) in [4.78, 5) is 24.4. The Kier molecular flexibility index (Phi) is 8.93. The number of fused-ring (bicyclic) bond motifs is 1. The maximum atomic E-state index is 15.6. The maximum Gasteiger partial charge on any atom is 0.271 e. The van der Waals surface area contributed by atoms with Crippen LogP contribution in [0.2, 0.25) is 10.0 Å². The molecule has 2 fully saturated rings. The van der Waals surface area contributed by atoms with Crippen molar-refractivity contribution in [3.8, 4) is 11.5 Å². The van der Waals surface area contributed by atoms with Gasteiger partial charge in [0.15, 0.2) is 5.54 Å². The molecule has 2 atom stereocenters. The van der Waals surface area contributed by atoms with E-state index in [-0.39, 0.29) is 20.6 Å². The fourth-order valence-corrected chi connectivity index (χ4v) is 9.26. The van der Waals surface area contributed by atoms with Gasteiger partial charge in [0.25, 0.3) is 15.9 Å². The molecule has 13 heteroatoms. The fourth-order valence-electron chi connectivity index (χ4n) is 7.49. The number of halogens is 2. The van der Waals surface area contributed by atoms with Gasteiger partial charge in [-0.2, -0.15) is 0 Å². The fraction of sp³-hybridized carbons (Fsp3) is 0.371. The van der Waals surface area contributed by atoms with E-state index < -0.39 is 27.5 Å². The van der Waals surface area contributed by atoms with E-state index in [9.17, 15) is 8.42 Å². The van der Waals surface area contributed by atoms with Gasteiger partial charge in [0.2, 0.25) is 5.89 Å². The third kappa shape index (κ3) is 5.36. The topological polar surface area (TPSA) is 105 Å². The average molecular weight is 712 g/mol. The number of hydrogen-bond acceptors (Lipinski definition) is 9. The first-order chi connectivity index (χ1) is 23.2. The lowest BCUT2D eigenvalue weighted by Crippen LogP contribution is -2.54. The lowest BCUT2D eigenvalue weighted by atomic mass is 9.80. The summed E-state index contributed by atoms with van der Waals surface area (Å²) in [5, 5.41) is 0.303. The van der Waals surface area contributed by atoms with Gasteiger partial charge in [0, 0.05) is 24.2 Å². The SMILES string of the molecule is COc1ccc(S(=O)(=O)N2C(=O)C(c3cc(CN4CCCCC4)ccc3OC)(N3CCC[C@H]3c3ncco3)c3cc(Cl)c(Cl)cc32)cc1. The molecular weight excluding hydrogens is 675 g/mol. The van der Waals surface area contributed by atoms with E-state index in [0.717, 1.165) is 35.8 Å². The van der Waals surface area contributed by atoms with Crippen molar-refractivity contribution in [1.82, 2.24) is 14.8 Å². The van der Waals surface area contributed by atoms with E-state index >= 15 is 4.79 Å². The summed E-state index contributed by atoms with van der Waals surface area (Å²) in [6.07, 6.45) is 7.87. The number of rotatable bonds is 9. The normalized spacial score (nSPS) is 21.9. The highest BCUT2D eigenvalue weighted by molar-refractivity contribution is 7.93. The van der Waals surface area contributed by atoms with Gasteiger partial charge in [-0.1, -0.05) is 35.7 Å². The monoisotopic (exact) mass is 710 g/mol. The average Bonchev–Trinajstić information content (AvgIpc) is 3.85. The van der Waals surface area contributed by atoms with Crippen molar-refractivity contribution in [2.45, 2.75) is 55.1 Å². The van der Waals surface area contributed by atoms with Crippen LogP contribution in [0.3, 0.4) is 0 Å². The van der Waals surface area contributed by atoms with E-state index in [1.807, 2.05) is 23.1 Å². The number of sulfonamides is 1. The second kappa shape index (κ2) is 13.0. The predicted octanol–water partition coefficient (Wildman–Crippen LogP) is 6.80. The molecule has 10 nitrogen and oxygen atoms in total. The Morgan fingerprint density at radius 1 is 0.917 bits per heavy atom. The quantitative estimate of drug-likeness (QED) is 0.185. The molecule has 1 amide bonds. The molecule has 3 aliphatic rings. The Labute approximate surface area is 290 Å². The first kappa shape index (κ1) is 32.9. The zero-order valence-corrected chi connectivity index (χ0v) is 29.0. The molecular formula is C35H36Cl2N4O6S. The highest BCUT2D eigenvalue weighted by Gasteiger charge is 2.63. The molecule has 1 unspecified atom stereocenters. The molecule has 2 saturated heterocycles. The zero-order chi connectivity index (χ0) is 33.6. The molecule has 0 spiro atoms. The number of piperidine rings is 1. The van der Waals surface area contributed by atoms with Gasteiger partial charge < -0.3 is 13.9 Å². The van der Waals surface area contributed by atoms with Crippen molar-refractivity contribution >= 4 is 44.8 Å². The smallest absolute Gasteiger partial charge is 0.271 e. The Morgan fingerprint density at radius 2 is 1.67 bits per heavy atom. The number of aromatic nitrogens is 1. The highest BCUT2D eigenvalue weighted by atomic mass is 35.5. The van der Waals surface area contributed by atoms with Crippen LogP contribution in [-0.4, -0.2) is 63.0 Å². The minimum atomic E-state index is -4.48. The number of ether oxygens (including phenoxy) is 2. The molecule has 0 radical (unpaired) electrons. The number of likely N-dealkylation sites (tertiary alicyclic amines) is 2. The second-order valence-corrected chi connectivity index (χ2v) is 14.9. The molecule has 1 aromatic heterocycles. The molecule has 3 aromatic carbocycles. The first-order valence-corrected chi connectivity index (χ1v) is 18.2. The Hall–Kier alpha value is -3.61. The van der Waals surface area contributed by atoms with Crippen LogP contribution in [0.15, 0.2) is 76.4 Å². The van der Waals surface area contributed by atoms with Crippen LogP contribution in [0.1, 0.15) is 60.7 Å². The number of anilines is 1. The Morgan fingerprint density at radius 3 is 2.35 bits per heavy atom. The number of nitrogens with zero attached hydrogens (tertiary/aromatic N) is 4. The van der Waals surface area contributed by atoms with Crippen LogP contribution in [0.4, 0.5) is 5.69 Å². The number of methoxy groups -OCH3 is 2. The van der Waals surface area contributed by atoms with Crippen molar-refractivity contribution in [3.05, 3.63) is 99.7 Å². The molecule has 4 heterocycles. The lowest BCUT2D eigenvalue weighted by Gasteiger charge is -2.41. The number of carbonyl (C=O) groups excluding carboxylic acids is 1. The van der Waals surface area contributed by atoms with E-state index in [1.54, 1.807) is 31.5 Å². The van der Waals surface area contributed by atoms with Gasteiger partial charge in [-0.3, -0.25) is 14.6 Å². The van der Waals surface area contributed by atoms with E-state index in [0.29, 0.717) is 54.4 Å². The molecule has 0 aliphatic carbocycles. The van der Waals surface area contributed by atoms with Gasteiger partial charge in [-0.25, -0.2) is 17.7 Å². The van der Waals surface area contributed by atoms with Crippen LogP contribution in [0, 0.1) is 0 Å². The largest absolute Gasteiger partial charge is 0.497 e. The molecule has 0 saturated carbocycles. The number of amides is 1. The van der Waals surface area contributed by atoms with E-state index in [4.69, 9.17) is 37.1 Å². The van der Waals surface area contributed by atoms with Crippen molar-refractivity contribution in [3.63, 3.8) is 0 Å². The number of carbonyl (C=O) groups is 1. The highest BCUT2D eigenvalue weighted by Crippen LogP contribution is 2.57. The summed E-state index contributed by atoms with van der Waals surface area (Å²) in [6.45, 7) is 3.07. The van der Waals surface area contributed by atoms with Gasteiger partial charge in [0.1, 0.15) is 17.8 Å². The van der Waals surface area contributed by atoms with Crippen molar-refractivity contribution < 1.29 is 27.1 Å². The molecule has 48 heavy (non-hydrogen) atoms. The Bertz CT molecular complexity index is 1930. The molecule has 0 N–H and O–H groups in total. The predicted molar refractivity (Wildman–Crippen MR) is 182 cm³/mol. The minimum absolute atomic E-state index is 0.0824. The van der Waals surface area contributed by atoms with Crippen molar-refractivity contribution in [2.75, 3.05) is 38.2 Å². The summed E-state index contributed by atoms with van der Waals surface area (Å²) >= 11 is 13.3. The summed E-state index contributed by atoms with van der Waals surface area (Å²) in [6, 6.07) is 14.4. The van der Waals surface area contributed by atoms with Gasteiger partial charge in [-0.15, -0.1) is 0 Å². The van der Waals surface area contributed by atoms with Gasteiger partial charge in [0.05, 0.1) is 47.1 Å². The van der Waals surface area contributed by atoms with Gasteiger partial charge in [-0.05, 0) is 92.9 Å². The molecule has 4 aromatic rings. The van der Waals surface area contributed by atoms with E-state index in [1.165, 1.54) is 38.0 Å². The summed E-state index contributed by atoms with van der Waals surface area (Å²) in [7, 11) is -1.43. The van der Waals surface area contributed by atoms with E-state index in [2.05, 4.69) is 9.88 Å². The molecule has 3 aliphatic heterocycles. The van der Waals surface area contributed by atoms with Crippen LogP contribution in [0.25, 0.3) is 0 Å². The van der Waals surface area contributed by atoms with Crippen LogP contribution < -0.4 is 13.8 Å². The maximum absolute atomic E-state index is 15.6. The molecule has 7 rings (SSSR count). The molecule has 0 bridgehead atoms. The number of oxazole rings is 1. The lowest BCUT2D eigenvalue weighted by molar-refractivity contribution is -0.127. The molecule has 252 valence electrons. The van der Waals surface area contributed by atoms with Crippen LogP contribution in [0.5, 0.6) is 11.5 Å².